The molecule has 0 saturated carbocycles. The summed E-state index contributed by atoms with van der Waals surface area (Å²) in [7, 11) is 0. The molecule has 0 aromatic heterocycles. The Hall–Kier alpha value is 0.439. The van der Waals surface area contributed by atoms with Crippen molar-refractivity contribution in [3.63, 3.8) is 0 Å². The molecule has 15 heavy (non-hydrogen) atoms. The van der Waals surface area contributed by atoms with Gasteiger partial charge in [-0.1, -0.05) is 0 Å². The SMILES string of the molecule is O=C([O-])CCS.O=C([O-])CCS.[CH3][Sn+2][CH3]. The van der Waals surface area contributed by atoms with Gasteiger partial charge in [-0.2, -0.15) is 25.3 Å². The number of carbonyl (C=O) groups excluding carboxylic acids is 2. The molecule has 0 fully saturated rings. The van der Waals surface area contributed by atoms with E-state index in [0.717, 1.165) is 0 Å². The van der Waals surface area contributed by atoms with E-state index in [0.29, 0.717) is 11.5 Å². The average Bonchev–Trinajstić information content (AvgIpc) is 2.05. The van der Waals surface area contributed by atoms with Gasteiger partial charge in [0, 0.05) is 11.9 Å². The fourth-order valence-corrected chi connectivity index (χ4v) is 0.548. The summed E-state index contributed by atoms with van der Waals surface area (Å²) in [6.07, 6.45) is 0.0895. The number of rotatable bonds is 4. The Morgan fingerprint density at radius 2 is 1.20 bits per heavy atom. The number of carbonyl (C=O) groups is 2. The molecule has 0 aromatic carbocycles. The quantitative estimate of drug-likeness (QED) is 0.494. The number of carboxylic acid groups (broad SMARTS) is 2. The summed E-state index contributed by atoms with van der Waals surface area (Å²) in [6.45, 7) is 0. The Kier molecular flexibility index (Phi) is 27.6. The molecule has 0 aliphatic heterocycles. The van der Waals surface area contributed by atoms with E-state index in [1.54, 1.807) is 0 Å². The summed E-state index contributed by atoms with van der Waals surface area (Å²) < 4.78 is 0. The molecule has 4 nitrogen and oxygen atoms in total. The molecule has 7 heteroatoms. The van der Waals surface area contributed by atoms with Gasteiger partial charge in [0.1, 0.15) is 0 Å². The zero-order valence-electron chi connectivity index (χ0n) is 8.86. The van der Waals surface area contributed by atoms with Crippen molar-refractivity contribution in [1.82, 2.24) is 0 Å². The third-order valence-corrected chi connectivity index (χ3v) is 1.08. The predicted octanol–water partition coefficient (Wildman–Crippen LogP) is -1.10. The summed E-state index contributed by atoms with van der Waals surface area (Å²) in [6, 6.07) is 0. The predicted molar refractivity (Wildman–Crippen MR) is 64.4 cm³/mol. The van der Waals surface area contributed by atoms with Crippen LogP contribution in [0.4, 0.5) is 0 Å². The van der Waals surface area contributed by atoms with Crippen molar-refractivity contribution < 1.29 is 19.8 Å². The van der Waals surface area contributed by atoms with Crippen molar-refractivity contribution in [2.24, 2.45) is 0 Å². The second kappa shape index (κ2) is 19.9. The van der Waals surface area contributed by atoms with Crippen LogP contribution >= 0.6 is 25.3 Å². The van der Waals surface area contributed by atoms with Crippen LogP contribution in [0, 0.1) is 0 Å². The van der Waals surface area contributed by atoms with Crippen molar-refractivity contribution in [2.45, 2.75) is 22.7 Å². The topological polar surface area (TPSA) is 80.3 Å². The van der Waals surface area contributed by atoms with Crippen LogP contribution in [0.3, 0.4) is 0 Å². The molecule has 0 rings (SSSR count). The van der Waals surface area contributed by atoms with E-state index in [2.05, 4.69) is 35.1 Å². The van der Waals surface area contributed by atoms with Gasteiger partial charge in [-0.3, -0.25) is 0 Å². The van der Waals surface area contributed by atoms with Crippen LogP contribution in [0.5, 0.6) is 0 Å². The van der Waals surface area contributed by atoms with Crippen LogP contribution in [0.1, 0.15) is 12.8 Å². The molecule has 0 atom stereocenters. The molecule has 0 bridgehead atoms. The summed E-state index contributed by atoms with van der Waals surface area (Å²) >= 11 is 7.51. The van der Waals surface area contributed by atoms with Gasteiger partial charge in [0.05, 0.1) is 0 Å². The molecule has 0 radical (unpaired) electrons. The molecule has 88 valence electrons. The minimum atomic E-state index is -1.04. The van der Waals surface area contributed by atoms with E-state index in [4.69, 9.17) is 0 Å². The van der Waals surface area contributed by atoms with Gasteiger partial charge in [-0.25, -0.2) is 0 Å². The number of aliphatic carboxylic acids is 2. The van der Waals surface area contributed by atoms with Crippen LogP contribution in [0.2, 0.25) is 9.88 Å². The first kappa shape index (κ1) is 20.8. The first-order valence-corrected chi connectivity index (χ1v) is 11.1. The van der Waals surface area contributed by atoms with Gasteiger partial charge >= 0.3 is 31.0 Å². The number of thiol groups is 2. The van der Waals surface area contributed by atoms with E-state index >= 15 is 0 Å². The van der Waals surface area contributed by atoms with Crippen LogP contribution in [0.15, 0.2) is 0 Å². The third kappa shape index (κ3) is 53.9. The summed E-state index contributed by atoms with van der Waals surface area (Å²) in [4.78, 5) is 23.5. The summed E-state index contributed by atoms with van der Waals surface area (Å²) in [5, 5.41) is 18.9. The molecule has 0 aliphatic rings. The first-order valence-electron chi connectivity index (χ1n) is 4.16. The Labute approximate surface area is 112 Å². The fourth-order valence-electron chi connectivity index (χ4n) is 0.183. The average molecular weight is 359 g/mol. The second-order valence-electron chi connectivity index (χ2n) is 2.19. The molecule has 0 aliphatic carbocycles. The Bertz CT molecular complexity index is 140. The molecule has 0 amide bonds. The van der Waals surface area contributed by atoms with Crippen LogP contribution in [-0.2, 0) is 9.59 Å². The molecule has 0 N–H and O–H groups in total. The van der Waals surface area contributed by atoms with Gasteiger partial charge < -0.3 is 19.8 Å². The second-order valence-corrected chi connectivity index (χ2v) is 5.94. The standard InChI is InChI=1S/2C3H6O2S.2CH3.Sn/c2*4-3(5)1-2-6;;;/h2*6H,1-2H2,(H,4,5);2*1H3;/q;;;;+2/p-2. The summed E-state index contributed by atoms with van der Waals surface area (Å²) in [5.74, 6) is -1.35. The van der Waals surface area contributed by atoms with Gasteiger partial charge in [-0.15, -0.1) is 0 Å². The van der Waals surface area contributed by atoms with Crippen molar-refractivity contribution >= 4 is 58.3 Å². The Morgan fingerprint density at radius 3 is 1.20 bits per heavy atom. The number of hydrogen-bond acceptors (Lipinski definition) is 6. The van der Waals surface area contributed by atoms with Gasteiger partial charge in [0.2, 0.25) is 0 Å². The minimum absolute atomic E-state index is 0.0448. The molecule has 0 saturated heterocycles. The first-order chi connectivity index (χ1) is 6.95. The van der Waals surface area contributed by atoms with Crippen molar-refractivity contribution in [3.05, 3.63) is 0 Å². The van der Waals surface area contributed by atoms with E-state index in [-0.39, 0.29) is 34.0 Å². The monoisotopic (exact) mass is 360 g/mol. The van der Waals surface area contributed by atoms with Gasteiger partial charge in [0.25, 0.3) is 0 Å². The number of hydrogen-bond donors (Lipinski definition) is 2. The van der Waals surface area contributed by atoms with E-state index < -0.39 is 11.9 Å². The maximum absolute atomic E-state index is 9.44. The van der Waals surface area contributed by atoms with E-state index in [9.17, 15) is 19.8 Å². The zero-order chi connectivity index (χ0) is 12.7. The fraction of sp³-hybridized carbons (Fsp3) is 0.750. The van der Waals surface area contributed by atoms with Crippen molar-refractivity contribution in [1.29, 1.82) is 0 Å². The van der Waals surface area contributed by atoms with E-state index in [1.807, 2.05) is 0 Å². The van der Waals surface area contributed by atoms with Crippen LogP contribution in [0.25, 0.3) is 0 Å². The molecule has 0 aromatic rings. The Balaban J connectivity index is -0.000000153. The zero-order valence-corrected chi connectivity index (χ0v) is 13.5. The van der Waals surface area contributed by atoms with Gasteiger partial charge in [-0.05, 0) is 24.3 Å². The number of carboxylic acids is 2. The third-order valence-electron chi connectivity index (χ3n) is 0.632. The molecule has 0 spiro atoms. The molecule has 0 unspecified atom stereocenters. The van der Waals surface area contributed by atoms with Crippen molar-refractivity contribution in [2.75, 3.05) is 11.5 Å². The molecular formula is C8H16O4S2Sn. The van der Waals surface area contributed by atoms with Gasteiger partial charge in [0.15, 0.2) is 0 Å². The normalized spacial score (nSPS) is 7.20. The van der Waals surface area contributed by atoms with E-state index in [1.165, 1.54) is 0 Å². The van der Waals surface area contributed by atoms with Crippen LogP contribution in [-0.4, -0.2) is 44.6 Å². The van der Waals surface area contributed by atoms with Crippen molar-refractivity contribution in [3.8, 4) is 0 Å². The Morgan fingerprint density at radius 1 is 1.00 bits per heavy atom. The van der Waals surface area contributed by atoms with Crippen LogP contribution < -0.4 is 10.2 Å². The summed E-state index contributed by atoms with van der Waals surface area (Å²) in [5.41, 5.74) is 0. The molecular weight excluding hydrogens is 343 g/mol. The molecule has 0 heterocycles. The maximum atomic E-state index is 9.44.